The summed E-state index contributed by atoms with van der Waals surface area (Å²) in [6, 6.07) is 37.1. The minimum atomic E-state index is -0.335. The van der Waals surface area contributed by atoms with Crippen LogP contribution in [0.25, 0.3) is 27.6 Å². The van der Waals surface area contributed by atoms with Gasteiger partial charge in [0.05, 0.1) is 27.0 Å². The molecule has 0 unspecified atom stereocenters. The molecule has 1 heterocycles. The van der Waals surface area contributed by atoms with E-state index in [2.05, 4.69) is 104 Å². The molecule has 0 amide bonds. The van der Waals surface area contributed by atoms with E-state index in [9.17, 15) is 9.59 Å². The van der Waals surface area contributed by atoms with Gasteiger partial charge in [-0.15, -0.1) is 0 Å². The van der Waals surface area contributed by atoms with Crippen molar-refractivity contribution in [3.63, 3.8) is 0 Å². The highest BCUT2D eigenvalue weighted by Gasteiger charge is 2.38. The van der Waals surface area contributed by atoms with Crippen molar-refractivity contribution < 1.29 is 9.59 Å². The molecule has 6 aromatic rings. The van der Waals surface area contributed by atoms with Crippen LogP contribution in [0.4, 0.5) is 17.1 Å². The summed E-state index contributed by atoms with van der Waals surface area (Å²) in [4.78, 5) is 28.7. The van der Waals surface area contributed by atoms with Gasteiger partial charge < -0.3 is 4.90 Å². The normalized spacial score (nSPS) is 15.0. The average molecular weight is 611 g/mol. The molecule has 2 aliphatic rings. The van der Waals surface area contributed by atoms with E-state index in [-0.39, 0.29) is 32.6 Å². The first kappa shape index (κ1) is 26.9. The lowest BCUT2D eigenvalue weighted by Gasteiger charge is -2.42. The van der Waals surface area contributed by atoms with E-state index in [1.807, 2.05) is 12.1 Å². The Morgan fingerprint density at radius 3 is 2.05 bits per heavy atom. The number of carbonyl (C=O) groups excluding carboxylic acids is 2. The van der Waals surface area contributed by atoms with Gasteiger partial charge in [-0.2, -0.15) is 0 Å². The van der Waals surface area contributed by atoms with Gasteiger partial charge in [0, 0.05) is 22.2 Å². The van der Waals surface area contributed by atoms with E-state index in [4.69, 9.17) is 23.2 Å². The quantitative estimate of drug-likeness (QED) is 0.145. The summed E-state index contributed by atoms with van der Waals surface area (Å²) in [5.41, 5.74) is 7.07. The Morgan fingerprint density at radius 1 is 0.636 bits per heavy atom. The third kappa shape index (κ3) is 3.90. The molecule has 8 rings (SSSR count). The summed E-state index contributed by atoms with van der Waals surface area (Å²) in [6.45, 7) is 4.56. The number of benzene rings is 6. The molecule has 6 aromatic carbocycles. The zero-order chi connectivity index (χ0) is 30.3. The monoisotopic (exact) mass is 609 g/mol. The highest BCUT2D eigenvalue weighted by Crippen LogP contribution is 2.54. The van der Waals surface area contributed by atoms with Crippen LogP contribution in [0.5, 0.6) is 0 Å². The third-order valence-electron chi connectivity index (χ3n) is 9.05. The first-order chi connectivity index (χ1) is 21.2. The predicted molar refractivity (Wildman–Crippen MR) is 181 cm³/mol. The van der Waals surface area contributed by atoms with E-state index in [1.54, 1.807) is 6.08 Å². The highest BCUT2D eigenvalue weighted by atomic mass is 35.5. The summed E-state index contributed by atoms with van der Waals surface area (Å²) in [5, 5.41) is 5.06. The molecule has 0 spiro atoms. The van der Waals surface area contributed by atoms with E-state index >= 15 is 0 Å². The number of ketones is 2. The van der Waals surface area contributed by atoms with Gasteiger partial charge in [0.25, 0.3) is 0 Å². The van der Waals surface area contributed by atoms with Crippen molar-refractivity contribution in [2.75, 3.05) is 4.90 Å². The smallest absolute Gasteiger partial charge is 0.197 e. The SMILES string of the molecule is CC1(C)c2ccccc2N(c2ccc3ccccc3c2)c2ccc3cc(C=C4C(=O)c5cc(Cl)c(Cl)cc5C4=O)ccc3c21. The largest absolute Gasteiger partial charge is 0.310 e. The Hall–Kier alpha value is -4.70. The van der Waals surface area contributed by atoms with Crippen molar-refractivity contribution in [1.29, 1.82) is 0 Å². The van der Waals surface area contributed by atoms with E-state index in [0.29, 0.717) is 11.1 Å². The Balaban J connectivity index is 1.29. The van der Waals surface area contributed by atoms with Crippen molar-refractivity contribution in [3.05, 3.63) is 153 Å². The minimum absolute atomic E-state index is 0.118. The van der Waals surface area contributed by atoms with Crippen molar-refractivity contribution in [3.8, 4) is 0 Å². The second kappa shape index (κ2) is 9.65. The maximum absolute atomic E-state index is 13.2. The number of Topliss-reactive ketones (excluding diaryl/α,β-unsaturated/α-hetero) is 2. The molecular formula is C39H25Cl2NO2. The van der Waals surface area contributed by atoms with Crippen molar-refractivity contribution >= 4 is 79.5 Å². The topological polar surface area (TPSA) is 37.4 Å². The summed E-state index contributed by atoms with van der Waals surface area (Å²) in [7, 11) is 0. The molecule has 1 aliphatic carbocycles. The minimum Gasteiger partial charge on any atom is -0.310 e. The molecule has 0 aromatic heterocycles. The Kier molecular flexibility index (Phi) is 5.90. The second-order valence-corrected chi connectivity index (χ2v) is 12.8. The number of nitrogens with zero attached hydrogens (tertiary/aromatic N) is 1. The summed E-state index contributed by atoms with van der Waals surface area (Å²) in [6.07, 6.45) is 1.67. The molecule has 44 heavy (non-hydrogen) atoms. The Labute approximate surface area is 265 Å². The number of hydrogen-bond acceptors (Lipinski definition) is 3. The molecule has 212 valence electrons. The van der Waals surface area contributed by atoms with Crippen LogP contribution in [0.2, 0.25) is 10.0 Å². The zero-order valence-corrected chi connectivity index (χ0v) is 25.5. The lowest BCUT2D eigenvalue weighted by molar-refractivity contribution is 0.0990. The van der Waals surface area contributed by atoms with E-state index in [1.165, 1.54) is 39.7 Å². The van der Waals surface area contributed by atoms with Crippen molar-refractivity contribution in [2.45, 2.75) is 19.3 Å². The first-order valence-electron chi connectivity index (χ1n) is 14.5. The Bertz CT molecular complexity index is 2240. The molecule has 0 saturated heterocycles. The molecule has 0 fully saturated rings. The fourth-order valence-electron chi connectivity index (χ4n) is 6.94. The van der Waals surface area contributed by atoms with Crippen molar-refractivity contribution in [1.82, 2.24) is 0 Å². The first-order valence-corrected chi connectivity index (χ1v) is 15.2. The summed E-state index contributed by atoms with van der Waals surface area (Å²) < 4.78 is 0. The number of para-hydroxylation sites is 1. The van der Waals surface area contributed by atoms with Gasteiger partial charge in [-0.25, -0.2) is 0 Å². The van der Waals surface area contributed by atoms with Gasteiger partial charge in [-0.05, 0) is 86.8 Å². The van der Waals surface area contributed by atoms with Gasteiger partial charge in [0.15, 0.2) is 11.6 Å². The number of halogens is 2. The number of anilines is 3. The van der Waals surface area contributed by atoms with Gasteiger partial charge >= 0.3 is 0 Å². The highest BCUT2D eigenvalue weighted by molar-refractivity contribution is 6.46. The van der Waals surface area contributed by atoms with Crippen molar-refractivity contribution in [2.24, 2.45) is 0 Å². The van der Waals surface area contributed by atoms with Crippen LogP contribution in [0.1, 0.15) is 51.3 Å². The van der Waals surface area contributed by atoms with Crippen LogP contribution in [-0.2, 0) is 5.41 Å². The van der Waals surface area contributed by atoms with Crippen LogP contribution in [0.15, 0.2) is 115 Å². The summed E-state index contributed by atoms with van der Waals surface area (Å²) in [5.74, 6) is -0.671. The number of hydrogen-bond donors (Lipinski definition) is 0. The molecule has 0 atom stereocenters. The van der Waals surface area contributed by atoms with Gasteiger partial charge in [-0.1, -0.05) is 104 Å². The molecule has 0 saturated carbocycles. The number of rotatable bonds is 2. The number of allylic oxidation sites excluding steroid dienone is 1. The molecule has 1 aliphatic heterocycles. The van der Waals surface area contributed by atoms with Crippen LogP contribution >= 0.6 is 23.2 Å². The second-order valence-electron chi connectivity index (χ2n) is 12.0. The lowest BCUT2D eigenvalue weighted by atomic mass is 9.71. The maximum atomic E-state index is 13.2. The van der Waals surface area contributed by atoms with Crippen LogP contribution in [0, 0.1) is 0 Å². The zero-order valence-electron chi connectivity index (χ0n) is 24.0. The average Bonchev–Trinajstić information content (AvgIpc) is 3.24. The van der Waals surface area contributed by atoms with Crippen LogP contribution < -0.4 is 4.90 Å². The van der Waals surface area contributed by atoms with Gasteiger partial charge in [0.1, 0.15) is 0 Å². The summed E-state index contributed by atoms with van der Waals surface area (Å²) >= 11 is 12.3. The fourth-order valence-corrected chi connectivity index (χ4v) is 7.27. The predicted octanol–water partition coefficient (Wildman–Crippen LogP) is 10.9. The Morgan fingerprint density at radius 2 is 1.30 bits per heavy atom. The van der Waals surface area contributed by atoms with Gasteiger partial charge in [0.2, 0.25) is 0 Å². The molecule has 0 N–H and O–H groups in total. The van der Waals surface area contributed by atoms with Crippen LogP contribution in [-0.4, -0.2) is 11.6 Å². The van der Waals surface area contributed by atoms with Crippen LogP contribution in [0.3, 0.4) is 0 Å². The molecular weight excluding hydrogens is 585 g/mol. The number of carbonyl (C=O) groups is 2. The molecule has 5 heteroatoms. The standard InChI is InChI=1S/C39H25Cl2NO2/c1-39(2)31-9-5-6-10-34(31)42(26-14-12-23-7-3-4-8-24(23)19-26)35-16-13-25-17-22(11-15-27(25)36(35)39)18-30-37(43)28-20-32(40)33(41)21-29(28)38(30)44/h3-21H,1-2H3. The van der Waals surface area contributed by atoms with E-state index < -0.39 is 0 Å². The van der Waals surface area contributed by atoms with Gasteiger partial charge in [-0.3, -0.25) is 9.59 Å². The molecule has 0 radical (unpaired) electrons. The number of fused-ring (bicyclic) bond motifs is 6. The maximum Gasteiger partial charge on any atom is 0.197 e. The lowest BCUT2D eigenvalue weighted by Crippen LogP contribution is -2.30. The molecule has 3 nitrogen and oxygen atoms in total. The van der Waals surface area contributed by atoms with E-state index in [0.717, 1.165) is 27.7 Å². The third-order valence-corrected chi connectivity index (χ3v) is 9.77. The molecule has 0 bridgehead atoms. The fraction of sp³-hybridized carbons (Fsp3) is 0.0769.